The minimum atomic E-state index is -0.951. The Hall–Kier alpha value is -1.28. The second-order valence-corrected chi connectivity index (χ2v) is 9.04. The molecule has 0 spiro atoms. The van der Waals surface area contributed by atoms with Gasteiger partial charge in [-0.1, -0.05) is 30.8 Å². The standard InChI is InChI=1S/C20H30N2O4S/c1-12-16(25-11-13-7-9-14(24-6)10-8-13)15-18(26-17(12)20(2,3)23)27-19(21-15)22(4)5/h7-10,12,15-18,23H,11H2,1-6H3/t12-,15+,16-,17-,18+/m0/s1. The van der Waals surface area contributed by atoms with Gasteiger partial charge in [0.25, 0.3) is 0 Å². The average molecular weight is 395 g/mol. The zero-order valence-corrected chi connectivity index (χ0v) is 17.7. The van der Waals surface area contributed by atoms with Crippen molar-refractivity contribution < 1.29 is 19.3 Å². The van der Waals surface area contributed by atoms with Gasteiger partial charge in [-0.15, -0.1) is 0 Å². The van der Waals surface area contributed by atoms with E-state index in [4.69, 9.17) is 19.2 Å². The van der Waals surface area contributed by atoms with Gasteiger partial charge in [-0.25, -0.2) is 0 Å². The third-order valence-electron chi connectivity index (χ3n) is 5.05. The molecule has 0 unspecified atom stereocenters. The largest absolute Gasteiger partial charge is 0.497 e. The molecule has 7 heteroatoms. The van der Waals surface area contributed by atoms with Gasteiger partial charge in [0.15, 0.2) is 5.17 Å². The Kier molecular flexibility index (Phi) is 6.05. The Balaban J connectivity index is 1.79. The summed E-state index contributed by atoms with van der Waals surface area (Å²) in [5.41, 5.74) is -0.0164. The summed E-state index contributed by atoms with van der Waals surface area (Å²) in [6.07, 6.45) is -0.448. The molecule has 3 rings (SSSR count). The maximum Gasteiger partial charge on any atom is 0.161 e. The van der Waals surface area contributed by atoms with E-state index in [1.165, 1.54) is 0 Å². The van der Waals surface area contributed by atoms with Crippen LogP contribution in [0, 0.1) is 5.92 Å². The van der Waals surface area contributed by atoms with Crippen LogP contribution >= 0.6 is 11.8 Å². The van der Waals surface area contributed by atoms with Crippen LogP contribution in [0.1, 0.15) is 26.3 Å². The molecule has 1 saturated heterocycles. The van der Waals surface area contributed by atoms with E-state index in [1.54, 1.807) is 32.7 Å². The van der Waals surface area contributed by atoms with Crippen LogP contribution in [0.4, 0.5) is 0 Å². The minimum absolute atomic E-state index is 0.00959. The van der Waals surface area contributed by atoms with E-state index in [2.05, 4.69) is 6.92 Å². The van der Waals surface area contributed by atoms with Crippen LogP contribution in [0.2, 0.25) is 0 Å². The van der Waals surface area contributed by atoms with Gasteiger partial charge in [0.1, 0.15) is 17.2 Å². The van der Waals surface area contributed by atoms with Crippen LogP contribution in [0.5, 0.6) is 5.75 Å². The van der Waals surface area contributed by atoms with Gasteiger partial charge < -0.3 is 24.2 Å². The maximum absolute atomic E-state index is 10.6. The minimum Gasteiger partial charge on any atom is -0.497 e. The van der Waals surface area contributed by atoms with E-state index >= 15 is 0 Å². The molecule has 0 saturated carbocycles. The van der Waals surface area contributed by atoms with Gasteiger partial charge in [-0.05, 0) is 31.5 Å². The number of aliphatic hydroxyl groups is 1. The van der Waals surface area contributed by atoms with Crippen molar-refractivity contribution in [1.29, 1.82) is 0 Å². The molecule has 0 radical (unpaired) electrons. The molecule has 1 aromatic carbocycles. The summed E-state index contributed by atoms with van der Waals surface area (Å²) in [6.45, 7) is 6.15. The molecule has 2 heterocycles. The van der Waals surface area contributed by atoms with Gasteiger partial charge >= 0.3 is 0 Å². The molecule has 0 aromatic heterocycles. The fourth-order valence-corrected chi connectivity index (χ4v) is 4.81. The molecule has 0 bridgehead atoms. The molecule has 1 fully saturated rings. The van der Waals surface area contributed by atoms with E-state index in [-0.39, 0.29) is 29.6 Å². The average Bonchev–Trinajstić information content (AvgIpc) is 3.04. The fraction of sp³-hybridized carbons (Fsp3) is 0.650. The number of thioether (sulfide) groups is 1. The molecule has 6 nitrogen and oxygen atoms in total. The van der Waals surface area contributed by atoms with Crippen LogP contribution in [-0.2, 0) is 16.1 Å². The van der Waals surface area contributed by atoms with E-state index in [0.717, 1.165) is 16.5 Å². The monoisotopic (exact) mass is 394 g/mol. The molecule has 0 amide bonds. The second kappa shape index (κ2) is 7.99. The van der Waals surface area contributed by atoms with Gasteiger partial charge in [-0.2, -0.15) is 0 Å². The Morgan fingerprint density at radius 3 is 2.48 bits per heavy atom. The molecule has 5 atom stereocenters. The van der Waals surface area contributed by atoms with Gasteiger partial charge in [0, 0.05) is 20.0 Å². The molecular weight excluding hydrogens is 364 g/mol. The first-order valence-electron chi connectivity index (χ1n) is 9.25. The van der Waals surface area contributed by atoms with Crippen molar-refractivity contribution in [3.63, 3.8) is 0 Å². The summed E-state index contributed by atoms with van der Waals surface area (Å²) in [5.74, 6) is 0.836. The highest BCUT2D eigenvalue weighted by molar-refractivity contribution is 8.14. The van der Waals surface area contributed by atoms with Crippen molar-refractivity contribution in [2.24, 2.45) is 10.9 Å². The predicted molar refractivity (Wildman–Crippen MR) is 108 cm³/mol. The summed E-state index contributed by atoms with van der Waals surface area (Å²) in [4.78, 5) is 6.85. The summed E-state index contributed by atoms with van der Waals surface area (Å²) in [7, 11) is 5.62. The van der Waals surface area contributed by atoms with E-state index < -0.39 is 5.60 Å². The smallest absolute Gasteiger partial charge is 0.161 e. The number of ether oxygens (including phenoxy) is 3. The summed E-state index contributed by atoms with van der Waals surface area (Å²) in [5, 5.41) is 11.6. The predicted octanol–water partition coefficient (Wildman–Crippen LogP) is 2.75. The quantitative estimate of drug-likeness (QED) is 0.829. The molecular formula is C20H30N2O4S. The van der Waals surface area contributed by atoms with E-state index in [0.29, 0.717) is 6.61 Å². The molecule has 1 N–H and O–H groups in total. The number of rotatable bonds is 5. The van der Waals surface area contributed by atoms with Crippen LogP contribution in [0.15, 0.2) is 29.3 Å². The highest BCUT2D eigenvalue weighted by atomic mass is 32.2. The first-order valence-corrected chi connectivity index (χ1v) is 10.1. The van der Waals surface area contributed by atoms with Crippen molar-refractivity contribution in [3.8, 4) is 5.75 Å². The lowest BCUT2D eigenvalue weighted by Crippen LogP contribution is -2.57. The molecule has 2 aliphatic heterocycles. The topological polar surface area (TPSA) is 63.5 Å². The normalized spacial score (nSPS) is 30.6. The van der Waals surface area contributed by atoms with Crippen molar-refractivity contribution in [2.75, 3.05) is 21.2 Å². The summed E-state index contributed by atoms with van der Waals surface area (Å²) < 4.78 is 17.8. The van der Waals surface area contributed by atoms with Crippen molar-refractivity contribution in [3.05, 3.63) is 29.8 Å². The Morgan fingerprint density at radius 1 is 1.26 bits per heavy atom. The number of fused-ring (bicyclic) bond motifs is 1. The maximum atomic E-state index is 10.6. The van der Waals surface area contributed by atoms with Crippen molar-refractivity contribution in [2.45, 2.75) is 56.7 Å². The lowest BCUT2D eigenvalue weighted by Gasteiger charge is -2.45. The lowest BCUT2D eigenvalue weighted by atomic mass is 9.82. The van der Waals surface area contributed by atoms with Gasteiger partial charge in [-0.3, -0.25) is 4.99 Å². The Morgan fingerprint density at radius 2 is 1.93 bits per heavy atom. The van der Waals surface area contributed by atoms with Gasteiger partial charge in [0.05, 0.1) is 31.5 Å². The summed E-state index contributed by atoms with van der Waals surface area (Å²) >= 11 is 1.60. The second-order valence-electron chi connectivity index (χ2n) is 7.98. The molecule has 2 aliphatic rings. The number of amidine groups is 1. The van der Waals surface area contributed by atoms with E-state index in [9.17, 15) is 5.11 Å². The van der Waals surface area contributed by atoms with Crippen LogP contribution < -0.4 is 4.74 Å². The number of aliphatic imine (C=N–C) groups is 1. The van der Waals surface area contributed by atoms with Crippen LogP contribution in [-0.4, -0.2) is 65.7 Å². The van der Waals surface area contributed by atoms with Crippen molar-refractivity contribution >= 4 is 16.9 Å². The van der Waals surface area contributed by atoms with Crippen LogP contribution in [0.25, 0.3) is 0 Å². The number of nitrogens with zero attached hydrogens (tertiary/aromatic N) is 2. The molecule has 1 aromatic rings. The number of hydrogen-bond donors (Lipinski definition) is 1. The third kappa shape index (κ3) is 4.42. The number of methoxy groups -OCH3 is 1. The first kappa shape index (κ1) is 20.5. The molecule has 0 aliphatic carbocycles. The number of hydrogen-bond acceptors (Lipinski definition) is 7. The fourth-order valence-electron chi connectivity index (χ4n) is 3.68. The highest BCUT2D eigenvalue weighted by Crippen LogP contribution is 2.43. The molecule has 150 valence electrons. The highest BCUT2D eigenvalue weighted by Gasteiger charge is 2.52. The number of benzene rings is 1. The Labute approximate surface area is 165 Å². The zero-order chi connectivity index (χ0) is 19.8. The first-order chi connectivity index (χ1) is 12.7. The SMILES string of the molecule is COc1ccc(CO[C@H]2[C@H](C)[C@@H](C(C)(C)O)O[C@@H]3SC(N(C)C)=N[C@H]23)cc1. The van der Waals surface area contributed by atoms with Gasteiger partial charge in [0.2, 0.25) is 0 Å². The van der Waals surface area contributed by atoms with Crippen LogP contribution in [0.3, 0.4) is 0 Å². The lowest BCUT2D eigenvalue weighted by molar-refractivity contribution is -0.192. The van der Waals surface area contributed by atoms with E-state index in [1.807, 2.05) is 43.3 Å². The Bertz CT molecular complexity index is 672. The van der Waals surface area contributed by atoms with Crippen molar-refractivity contribution in [1.82, 2.24) is 4.90 Å². The zero-order valence-electron chi connectivity index (χ0n) is 16.9. The third-order valence-corrected chi connectivity index (χ3v) is 6.36. The summed E-state index contributed by atoms with van der Waals surface area (Å²) in [6, 6.07) is 7.79. The molecule has 27 heavy (non-hydrogen) atoms.